The Labute approximate surface area is 165 Å². The normalized spacial score (nSPS) is 15.3. The van der Waals surface area contributed by atoms with Gasteiger partial charge in [-0.25, -0.2) is 4.79 Å². The predicted octanol–water partition coefficient (Wildman–Crippen LogP) is 4.05. The van der Waals surface area contributed by atoms with Gasteiger partial charge in [0, 0.05) is 6.08 Å². The molecule has 0 heterocycles. The van der Waals surface area contributed by atoms with E-state index in [0.717, 1.165) is 24.2 Å². The van der Waals surface area contributed by atoms with Gasteiger partial charge in [-0.3, -0.25) is 4.79 Å². The average Bonchev–Trinajstić information content (AvgIpc) is 3.24. The van der Waals surface area contributed by atoms with E-state index < -0.39 is 12.0 Å². The maximum Gasteiger partial charge on any atom is 0.333 e. The van der Waals surface area contributed by atoms with Crippen LogP contribution in [0.25, 0.3) is 6.08 Å². The highest BCUT2D eigenvalue weighted by atomic mass is 16.5. The molecule has 1 fully saturated rings. The fourth-order valence-electron chi connectivity index (χ4n) is 3.29. The summed E-state index contributed by atoms with van der Waals surface area (Å²) in [5.41, 5.74) is 1.53. The van der Waals surface area contributed by atoms with Crippen molar-refractivity contribution in [3.63, 3.8) is 0 Å². The molecular formula is C23H25NO4. The number of carbonyl (C=O) groups excluding carboxylic acids is 2. The number of methoxy groups -OCH3 is 1. The molecule has 146 valence electrons. The summed E-state index contributed by atoms with van der Waals surface area (Å²) in [5.74, 6) is -0.0764. The smallest absolute Gasteiger partial charge is 0.333 e. The van der Waals surface area contributed by atoms with Crippen LogP contribution in [0.4, 0.5) is 0 Å². The van der Waals surface area contributed by atoms with Crippen molar-refractivity contribution < 1.29 is 19.1 Å². The Morgan fingerprint density at radius 2 is 1.82 bits per heavy atom. The van der Waals surface area contributed by atoms with Gasteiger partial charge in [0.15, 0.2) is 6.04 Å². The summed E-state index contributed by atoms with van der Waals surface area (Å²) < 4.78 is 10.8. The standard InChI is InChI=1S/C23H25NO4/c1-27-23(26)22(18-9-3-2-4-10-18)24-21(25)15-14-17-8-7-13-20(16-17)28-19-11-5-6-12-19/h2-4,7-10,13-16,19,22H,5-6,11-12H2,1H3,(H,24,25). The Kier molecular flexibility index (Phi) is 6.84. The molecular weight excluding hydrogens is 354 g/mol. The van der Waals surface area contributed by atoms with Crippen molar-refractivity contribution in [1.82, 2.24) is 5.32 Å². The Bertz CT molecular complexity index is 826. The molecule has 0 aromatic heterocycles. The van der Waals surface area contributed by atoms with Crippen LogP contribution in [0.5, 0.6) is 5.75 Å². The van der Waals surface area contributed by atoms with Crippen molar-refractivity contribution in [1.29, 1.82) is 0 Å². The van der Waals surface area contributed by atoms with Gasteiger partial charge in [-0.2, -0.15) is 0 Å². The lowest BCUT2D eigenvalue weighted by Crippen LogP contribution is -2.33. The van der Waals surface area contributed by atoms with Gasteiger partial charge in [0.05, 0.1) is 13.2 Å². The first-order chi connectivity index (χ1) is 13.7. The molecule has 0 radical (unpaired) electrons. The lowest BCUT2D eigenvalue weighted by Gasteiger charge is -2.15. The van der Waals surface area contributed by atoms with Crippen LogP contribution >= 0.6 is 0 Å². The van der Waals surface area contributed by atoms with Gasteiger partial charge in [0.1, 0.15) is 5.75 Å². The summed E-state index contributed by atoms with van der Waals surface area (Å²) in [6.45, 7) is 0. The molecule has 1 saturated carbocycles. The summed E-state index contributed by atoms with van der Waals surface area (Å²) in [6.07, 6.45) is 8.02. The zero-order chi connectivity index (χ0) is 19.8. The number of hydrogen-bond acceptors (Lipinski definition) is 4. The maximum absolute atomic E-state index is 12.3. The van der Waals surface area contributed by atoms with Crippen molar-refractivity contribution in [2.75, 3.05) is 7.11 Å². The first kappa shape index (κ1) is 19.7. The molecule has 0 aliphatic heterocycles. The van der Waals surface area contributed by atoms with Gasteiger partial charge in [-0.1, -0.05) is 42.5 Å². The molecule has 5 nitrogen and oxygen atoms in total. The van der Waals surface area contributed by atoms with E-state index in [-0.39, 0.29) is 12.0 Å². The molecule has 0 saturated heterocycles. The molecule has 1 N–H and O–H groups in total. The number of ether oxygens (including phenoxy) is 2. The minimum Gasteiger partial charge on any atom is -0.490 e. The van der Waals surface area contributed by atoms with Crippen LogP contribution in [0.3, 0.4) is 0 Å². The average molecular weight is 379 g/mol. The number of esters is 1. The molecule has 1 atom stereocenters. The fraction of sp³-hybridized carbons (Fsp3) is 0.304. The fourth-order valence-corrected chi connectivity index (χ4v) is 3.29. The van der Waals surface area contributed by atoms with Crippen molar-refractivity contribution in [3.8, 4) is 5.75 Å². The molecule has 0 bridgehead atoms. The molecule has 2 aromatic carbocycles. The molecule has 3 rings (SSSR count). The van der Waals surface area contributed by atoms with Crippen LogP contribution in [0.1, 0.15) is 42.9 Å². The van der Waals surface area contributed by atoms with Crippen LogP contribution in [-0.4, -0.2) is 25.1 Å². The van der Waals surface area contributed by atoms with E-state index in [1.165, 1.54) is 26.0 Å². The van der Waals surface area contributed by atoms with Gasteiger partial charge < -0.3 is 14.8 Å². The van der Waals surface area contributed by atoms with E-state index in [2.05, 4.69) is 5.32 Å². The van der Waals surface area contributed by atoms with Gasteiger partial charge in [-0.05, 0) is 55.0 Å². The minimum atomic E-state index is -0.847. The van der Waals surface area contributed by atoms with Gasteiger partial charge in [0.2, 0.25) is 5.91 Å². The highest BCUT2D eigenvalue weighted by molar-refractivity contribution is 5.95. The molecule has 0 spiro atoms. The second-order valence-corrected chi connectivity index (χ2v) is 6.81. The largest absolute Gasteiger partial charge is 0.490 e. The second-order valence-electron chi connectivity index (χ2n) is 6.81. The van der Waals surface area contributed by atoms with Crippen LogP contribution in [0, 0.1) is 0 Å². The molecule has 1 aliphatic rings. The van der Waals surface area contributed by atoms with E-state index in [1.807, 2.05) is 42.5 Å². The second kappa shape index (κ2) is 9.74. The molecule has 1 aliphatic carbocycles. The first-order valence-electron chi connectivity index (χ1n) is 9.54. The third-order valence-corrected chi connectivity index (χ3v) is 4.75. The number of amides is 1. The van der Waals surface area contributed by atoms with Crippen molar-refractivity contribution >= 4 is 18.0 Å². The van der Waals surface area contributed by atoms with E-state index in [0.29, 0.717) is 5.56 Å². The van der Waals surface area contributed by atoms with Crippen LogP contribution in [-0.2, 0) is 14.3 Å². The maximum atomic E-state index is 12.3. The van der Waals surface area contributed by atoms with Crippen LogP contribution in [0.15, 0.2) is 60.7 Å². The number of benzene rings is 2. The molecule has 5 heteroatoms. The Hall–Kier alpha value is -3.08. The summed E-state index contributed by atoms with van der Waals surface area (Å²) >= 11 is 0. The van der Waals surface area contributed by atoms with Gasteiger partial charge in [-0.15, -0.1) is 0 Å². The molecule has 1 unspecified atom stereocenters. The number of rotatable bonds is 7. The predicted molar refractivity (Wildman–Crippen MR) is 108 cm³/mol. The Morgan fingerprint density at radius 1 is 1.07 bits per heavy atom. The number of carbonyl (C=O) groups is 2. The third kappa shape index (κ3) is 5.46. The molecule has 2 aromatic rings. The summed E-state index contributed by atoms with van der Waals surface area (Å²) in [7, 11) is 1.30. The summed E-state index contributed by atoms with van der Waals surface area (Å²) in [6, 6.07) is 15.8. The van der Waals surface area contributed by atoms with Crippen molar-refractivity contribution in [2.45, 2.75) is 37.8 Å². The summed E-state index contributed by atoms with van der Waals surface area (Å²) in [5, 5.41) is 2.70. The number of nitrogens with one attached hydrogen (secondary N) is 1. The molecule has 1 amide bonds. The van der Waals surface area contributed by atoms with Crippen LogP contribution < -0.4 is 10.1 Å². The van der Waals surface area contributed by atoms with Crippen molar-refractivity contribution in [3.05, 3.63) is 71.8 Å². The zero-order valence-electron chi connectivity index (χ0n) is 16.0. The van der Waals surface area contributed by atoms with E-state index >= 15 is 0 Å². The Balaban J connectivity index is 1.64. The monoisotopic (exact) mass is 379 g/mol. The minimum absolute atomic E-state index is 0.286. The lowest BCUT2D eigenvalue weighted by atomic mass is 10.1. The SMILES string of the molecule is COC(=O)C(NC(=O)C=Cc1cccc(OC2CCCC2)c1)c1ccccc1. The highest BCUT2D eigenvalue weighted by Crippen LogP contribution is 2.25. The third-order valence-electron chi connectivity index (χ3n) is 4.75. The van der Waals surface area contributed by atoms with E-state index in [1.54, 1.807) is 18.2 Å². The number of hydrogen-bond donors (Lipinski definition) is 1. The van der Waals surface area contributed by atoms with Gasteiger partial charge >= 0.3 is 5.97 Å². The zero-order valence-corrected chi connectivity index (χ0v) is 16.0. The lowest BCUT2D eigenvalue weighted by molar-refractivity contribution is -0.144. The Morgan fingerprint density at radius 3 is 2.54 bits per heavy atom. The quantitative estimate of drug-likeness (QED) is 0.582. The van der Waals surface area contributed by atoms with Gasteiger partial charge in [0.25, 0.3) is 0 Å². The topological polar surface area (TPSA) is 64.6 Å². The molecule has 28 heavy (non-hydrogen) atoms. The first-order valence-corrected chi connectivity index (χ1v) is 9.54. The highest BCUT2D eigenvalue weighted by Gasteiger charge is 2.22. The summed E-state index contributed by atoms with van der Waals surface area (Å²) in [4.78, 5) is 24.4. The van der Waals surface area contributed by atoms with E-state index in [4.69, 9.17) is 9.47 Å². The van der Waals surface area contributed by atoms with E-state index in [9.17, 15) is 9.59 Å². The van der Waals surface area contributed by atoms with Crippen molar-refractivity contribution in [2.24, 2.45) is 0 Å². The van der Waals surface area contributed by atoms with Crippen LogP contribution in [0.2, 0.25) is 0 Å².